The summed E-state index contributed by atoms with van der Waals surface area (Å²) in [5.74, 6) is -0.857. The largest absolute Gasteiger partial charge is 0.388 e. The van der Waals surface area contributed by atoms with Crippen LogP contribution in [-0.4, -0.2) is 167 Å². The second kappa shape index (κ2) is 19.9. The van der Waals surface area contributed by atoms with Crippen LogP contribution in [0.3, 0.4) is 0 Å². The third kappa shape index (κ3) is 12.0. The minimum absolute atomic E-state index is 0.0181. The molecule has 3 aliphatic rings. The number of aliphatic hydroxyl groups is 6. The van der Waals surface area contributed by atoms with Crippen LogP contribution in [0.15, 0.2) is 0 Å². The Hall–Kier alpha value is -2.52. The summed E-state index contributed by atoms with van der Waals surface area (Å²) >= 11 is 0. The Labute approximate surface area is 291 Å². The Morgan fingerprint density at radius 1 is 0.680 bits per heavy atom. The molecule has 0 radical (unpaired) electrons. The molecular formula is C32H56N4O14. The number of carbonyl (C=O) groups is 4. The number of nitrogens with zero attached hydrogens (tertiary/aromatic N) is 1. The first kappa shape index (κ1) is 41.9. The molecule has 18 heteroatoms. The van der Waals surface area contributed by atoms with E-state index in [-0.39, 0.29) is 69.2 Å². The summed E-state index contributed by atoms with van der Waals surface area (Å²) in [6.45, 7) is 3.69. The maximum Gasteiger partial charge on any atom is 0.222 e. The molecule has 50 heavy (non-hydrogen) atoms. The highest BCUT2D eigenvalue weighted by Crippen LogP contribution is 2.39. The molecule has 3 fully saturated rings. The van der Waals surface area contributed by atoms with Crippen LogP contribution in [0, 0.1) is 5.41 Å². The third-order valence-corrected chi connectivity index (χ3v) is 9.60. The van der Waals surface area contributed by atoms with Crippen LogP contribution in [0.4, 0.5) is 0 Å². The summed E-state index contributed by atoms with van der Waals surface area (Å²) in [5, 5.41) is 67.9. The first-order valence-electron chi connectivity index (χ1n) is 17.3. The first-order chi connectivity index (χ1) is 23.7. The standard InChI is InChI=1S/C32H56N4O14/c1-18-24(41)26(43)28(45)30(49-18)47-14-10-34-21(38)16-32(8-12-36(13-9-32)23(40)7-5-4-6-20(37)33-3)17-22(39)35-11-15-48-31-29(46)27(44)25(42)19(2)50-31/h18-19,24-31,41-46H,4-17H2,1-3H3,(H,33,37)(H,34,38)(H,35,39)/t18-,19-,24+,25+,26+,27+,28-,29-,30+,31+/m0/s1. The van der Waals surface area contributed by atoms with E-state index in [1.807, 2.05) is 0 Å². The van der Waals surface area contributed by atoms with Gasteiger partial charge < -0.3 is 70.4 Å². The Morgan fingerprint density at radius 3 is 1.56 bits per heavy atom. The molecule has 0 spiro atoms. The van der Waals surface area contributed by atoms with E-state index in [9.17, 15) is 49.8 Å². The molecule has 0 bridgehead atoms. The fourth-order valence-electron chi connectivity index (χ4n) is 6.33. The van der Waals surface area contributed by atoms with E-state index in [4.69, 9.17) is 18.9 Å². The highest BCUT2D eigenvalue weighted by molar-refractivity contribution is 5.81. The van der Waals surface area contributed by atoms with Crippen molar-refractivity contribution in [2.75, 3.05) is 46.4 Å². The van der Waals surface area contributed by atoms with Crippen molar-refractivity contribution in [3.63, 3.8) is 0 Å². The molecule has 9 N–H and O–H groups in total. The number of unbranched alkanes of at least 4 members (excludes halogenated alkanes) is 1. The van der Waals surface area contributed by atoms with Crippen LogP contribution >= 0.6 is 0 Å². The predicted molar refractivity (Wildman–Crippen MR) is 173 cm³/mol. The van der Waals surface area contributed by atoms with Crippen LogP contribution in [-0.2, 0) is 38.1 Å². The van der Waals surface area contributed by atoms with Gasteiger partial charge in [-0.2, -0.15) is 0 Å². The molecule has 0 aromatic heterocycles. The van der Waals surface area contributed by atoms with Crippen LogP contribution in [0.2, 0.25) is 0 Å². The molecule has 0 unspecified atom stereocenters. The van der Waals surface area contributed by atoms with Crippen molar-refractivity contribution in [2.45, 2.75) is 127 Å². The smallest absolute Gasteiger partial charge is 0.222 e. The zero-order valence-electron chi connectivity index (χ0n) is 29.1. The van der Waals surface area contributed by atoms with E-state index in [2.05, 4.69) is 16.0 Å². The van der Waals surface area contributed by atoms with Gasteiger partial charge >= 0.3 is 0 Å². The number of rotatable bonds is 17. The van der Waals surface area contributed by atoms with E-state index in [0.717, 1.165) is 0 Å². The number of nitrogens with one attached hydrogen (secondary N) is 3. The van der Waals surface area contributed by atoms with Crippen LogP contribution in [0.25, 0.3) is 0 Å². The van der Waals surface area contributed by atoms with Crippen molar-refractivity contribution >= 4 is 23.6 Å². The number of hydrogen-bond donors (Lipinski definition) is 9. The summed E-state index contributed by atoms with van der Waals surface area (Å²) < 4.78 is 21.8. The number of hydrogen-bond acceptors (Lipinski definition) is 14. The summed E-state index contributed by atoms with van der Waals surface area (Å²) in [5.41, 5.74) is -0.775. The second-order valence-electron chi connectivity index (χ2n) is 13.4. The van der Waals surface area contributed by atoms with Gasteiger partial charge in [0.1, 0.15) is 36.6 Å². The molecular weight excluding hydrogens is 664 g/mol. The van der Waals surface area contributed by atoms with Crippen molar-refractivity contribution in [2.24, 2.45) is 5.41 Å². The molecule has 0 aliphatic carbocycles. The average Bonchev–Trinajstić information content (AvgIpc) is 3.09. The fraction of sp³-hybridized carbons (Fsp3) is 0.875. The molecule has 4 amide bonds. The quantitative estimate of drug-likeness (QED) is 0.0664. The van der Waals surface area contributed by atoms with Gasteiger partial charge in [-0.1, -0.05) is 0 Å². The van der Waals surface area contributed by atoms with E-state index in [1.165, 1.54) is 13.8 Å². The van der Waals surface area contributed by atoms with E-state index >= 15 is 0 Å². The van der Waals surface area contributed by atoms with Crippen molar-refractivity contribution in [3.05, 3.63) is 0 Å². The molecule has 3 rings (SSSR count). The van der Waals surface area contributed by atoms with Crippen LogP contribution in [0.1, 0.15) is 65.2 Å². The minimum atomic E-state index is -1.48. The van der Waals surface area contributed by atoms with Crippen molar-refractivity contribution in [1.82, 2.24) is 20.9 Å². The lowest BCUT2D eigenvalue weighted by Crippen LogP contribution is -2.57. The van der Waals surface area contributed by atoms with Gasteiger partial charge in [-0.15, -0.1) is 0 Å². The van der Waals surface area contributed by atoms with Crippen LogP contribution < -0.4 is 16.0 Å². The Morgan fingerprint density at radius 2 is 1.12 bits per heavy atom. The Balaban J connectivity index is 1.51. The lowest BCUT2D eigenvalue weighted by atomic mass is 9.72. The monoisotopic (exact) mass is 720 g/mol. The van der Waals surface area contributed by atoms with Gasteiger partial charge in [-0.05, 0) is 44.9 Å². The maximum atomic E-state index is 13.1. The zero-order chi connectivity index (χ0) is 37.0. The topological polar surface area (TPSA) is 266 Å². The van der Waals surface area contributed by atoms with E-state index < -0.39 is 66.8 Å². The van der Waals surface area contributed by atoms with Crippen LogP contribution in [0.5, 0.6) is 0 Å². The number of ether oxygens (including phenoxy) is 4. The molecule has 10 atom stereocenters. The molecule has 288 valence electrons. The zero-order valence-corrected chi connectivity index (χ0v) is 29.1. The minimum Gasteiger partial charge on any atom is -0.388 e. The summed E-state index contributed by atoms with van der Waals surface area (Å²) in [4.78, 5) is 52.3. The fourth-order valence-corrected chi connectivity index (χ4v) is 6.33. The lowest BCUT2D eigenvalue weighted by Gasteiger charge is -2.41. The molecule has 0 aromatic rings. The molecule has 3 aliphatic heterocycles. The van der Waals surface area contributed by atoms with E-state index in [1.54, 1.807) is 11.9 Å². The lowest BCUT2D eigenvalue weighted by molar-refractivity contribution is -0.292. The first-order valence-corrected chi connectivity index (χ1v) is 17.3. The third-order valence-electron chi connectivity index (χ3n) is 9.60. The summed E-state index contributed by atoms with van der Waals surface area (Å²) in [6.07, 6.45) is -9.85. The highest BCUT2D eigenvalue weighted by Gasteiger charge is 2.44. The van der Waals surface area contributed by atoms with Gasteiger partial charge in [-0.25, -0.2) is 0 Å². The predicted octanol–water partition coefficient (Wildman–Crippen LogP) is -3.40. The van der Waals surface area contributed by atoms with Gasteiger partial charge in [0.25, 0.3) is 0 Å². The van der Waals surface area contributed by atoms with E-state index in [0.29, 0.717) is 45.2 Å². The summed E-state index contributed by atoms with van der Waals surface area (Å²) in [6, 6.07) is 0. The molecule has 18 nitrogen and oxygen atoms in total. The number of likely N-dealkylation sites (tertiary alicyclic amines) is 1. The van der Waals surface area contributed by atoms with Crippen molar-refractivity contribution in [3.8, 4) is 0 Å². The van der Waals surface area contributed by atoms with Crippen molar-refractivity contribution in [1.29, 1.82) is 0 Å². The second-order valence-corrected chi connectivity index (χ2v) is 13.4. The molecule has 3 heterocycles. The summed E-state index contributed by atoms with van der Waals surface area (Å²) in [7, 11) is 1.56. The number of aliphatic hydroxyl groups excluding tert-OH is 6. The maximum absolute atomic E-state index is 13.1. The molecule has 3 saturated heterocycles. The van der Waals surface area contributed by atoms with Crippen molar-refractivity contribution < 1.29 is 68.8 Å². The normalized spacial score (nSPS) is 32.6. The van der Waals surface area contributed by atoms with Gasteiger partial charge in [0.2, 0.25) is 23.6 Å². The van der Waals surface area contributed by atoms with Gasteiger partial charge in [0.05, 0.1) is 25.4 Å². The average molecular weight is 721 g/mol. The van der Waals surface area contributed by atoms with Gasteiger partial charge in [0, 0.05) is 58.9 Å². The number of amides is 4. The molecule has 0 saturated carbocycles. The van der Waals surface area contributed by atoms with Gasteiger partial charge in [0.15, 0.2) is 12.6 Å². The molecule has 0 aromatic carbocycles. The number of piperidine rings is 1. The Kier molecular flexibility index (Phi) is 16.7. The highest BCUT2D eigenvalue weighted by atomic mass is 16.7. The van der Waals surface area contributed by atoms with Gasteiger partial charge in [-0.3, -0.25) is 19.2 Å². The SMILES string of the molecule is CNC(=O)CCCCC(=O)N1CCC(CC(=O)NCCO[C@@H]2O[C@@H](C)[C@@H](O)[C@@H](O)[C@@H]2O)(CC(=O)NCCO[C@@H]2O[C@@H](C)[C@@H](O)[C@@H](O)[C@@H]2O)CC1. The number of carbonyl (C=O) groups excluding carboxylic acids is 4. The Bertz CT molecular complexity index is 1050.